The number of nitrogens with one attached hydrogen (secondary N) is 1. The number of anilines is 1. The zero-order valence-electron chi connectivity index (χ0n) is 18.7. The van der Waals surface area contributed by atoms with Crippen LogP contribution in [-0.4, -0.2) is 33.7 Å². The van der Waals surface area contributed by atoms with Gasteiger partial charge in [-0.25, -0.2) is 4.39 Å². The number of hydrogen-bond acceptors (Lipinski definition) is 4. The highest BCUT2D eigenvalue weighted by molar-refractivity contribution is 5.86. The van der Waals surface area contributed by atoms with E-state index in [0.29, 0.717) is 18.0 Å². The topological polar surface area (TPSA) is 50.8 Å². The van der Waals surface area contributed by atoms with Gasteiger partial charge in [-0.15, -0.1) is 0 Å². The molecule has 0 saturated heterocycles. The van der Waals surface area contributed by atoms with Crippen LogP contribution in [0, 0.1) is 5.82 Å². The van der Waals surface area contributed by atoms with Crippen LogP contribution in [0.3, 0.4) is 0 Å². The van der Waals surface area contributed by atoms with Crippen molar-refractivity contribution in [1.82, 2.24) is 5.32 Å². The fourth-order valence-electron chi connectivity index (χ4n) is 3.76. The average molecular weight is 437 g/mol. The number of carbonyl (C=O) groups excluding carboxylic acids is 1. The number of carbonyl (C=O) groups is 1. The van der Waals surface area contributed by atoms with Gasteiger partial charge in [0.05, 0.1) is 14.2 Å². The number of ether oxygens (including phenoxy) is 2. The van der Waals surface area contributed by atoms with Gasteiger partial charge in [0, 0.05) is 25.3 Å². The van der Waals surface area contributed by atoms with Crippen molar-refractivity contribution in [2.75, 3.05) is 32.7 Å². The van der Waals surface area contributed by atoms with Crippen molar-refractivity contribution >= 4 is 11.6 Å². The van der Waals surface area contributed by atoms with Crippen molar-refractivity contribution in [3.05, 3.63) is 89.7 Å². The van der Waals surface area contributed by atoms with Crippen LogP contribution in [0.1, 0.15) is 23.6 Å². The molecular formula is C26H29FN2O3. The first-order chi connectivity index (χ1) is 15.6. The third-order valence-electron chi connectivity index (χ3n) is 5.40. The molecule has 0 fully saturated rings. The van der Waals surface area contributed by atoms with Crippen LogP contribution < -0.4 is 19.7 Å². The molecule has 0 saturated carbocycles. The van der Waals surface area contributed by atoms with Gasteiger partial charge in [-0.2, -0.15) is 0 Å². The normalized spacial score (nSPS) is 11.5. The molecule has 0 aromatic heterocycles. The van der Waals surface area contributed by atoms with Crippen molar-refractivity contribution in [3.63, 3.8) is 0 Å². The zero-order valence-corrected chi connectivity index (χ0v) is 18.7. The minimum atomic E-state index is -0.521. The molecule has 1 unspecified atom stereocenters. The van der Waals surface area contributed by atoms with E-state index >= 15 is 0 Å². The van der Waals surface area contributed by atoms with Gasteiger partial charge < -0.3 is 19.7 Å². The largest absolute Gasteiger partial charge is 0.493 e. The van der Waals surface area contributed by atoms with E-state index in [4.69, 9.17) is 9.47 Å². The molecule has 1 amide bonds. The SMILES string of the molecule is CNC(=O)C(c1ccccc1)N(CCCc1ccc(F)cc1)c1ccc(OC)c(OC)c1. The summed E-state index contributed by atoms with van der Waals surface area (Å²) in [6.45, 7) is 0.611. The molecule has 0 spiro atoms. The molecule has 0 bridgehead atoms. The minimum Gasteiger partial charge on any atom is -0.493 e. The minimum absolute atomic E-state index is 0.104. The molecule has 1 atom stereocenters. The van der Waals surface area contributed by atoms with Gasteiger partial charge in [0.1, 0.15) is 11.9 Å². The lowest BCUT2D eigenvalue weighted by atomic mass is 10.0. The van der Waals surface area contributed by atoms with E-state index in [2.05, 4.69) is 10.2 Å². The van der Waals surface area contributed by atoms with E-state index in [0.717, 1.165) is 29.7 Å². The second-order valence-corrected chi connectivity index (χ2v) is 7.39. The Morgan fingerprint density at radius 3 is 2.28 bits per heavy atom. The summed E-state index contributed by atoms with van der Waals surface area (Å²) in [5, 5.41) is 2.80. The van der Waals surface area contributed by atoms with Crippen LogP contribution in [0.5, 0.6) is 11.5 Å². The number of hydrogen-bond donors (Lipinski definition) is 1. The van der Waals surface area contributed by atoms with Crippen molar-refractivity contribution in [2.45, 2.75) is 18.9 Å². The van der Waals surface area contributed by atoms with Gasteiger partial charge in [0.25, 0.3) is 0 Å². The first-order valence-electron chi connectivity index (χ1n) is 10.6. The summed E-state index contributed by atoms with van der Waals surface area (Å²) in [4.78, 5) is 15.1. The van der Waals surface area contributed by atoms with Crippen LogP contribution in [0.2, 0.25) is 0 Å². The van der Waals surface area contributed by atoms with E-state index in [1.807, 2.05) is 48.5 Å². The number of benzene rings is 3. The highest BCUT2D eigenvalue weighted by Crippen LogP contribution is 2.35. The number of aryl methyl sites for hydroxylation is 1. The molecule has 0 radical (unpaired) electrons. The maximum absolute atomic E-state index is 13.2. The van der Waals surface area contributed by atoms with Crippen LogP contribution in [-0.2, 0) is 11.2 Å². The van der Waals surface area contributed by atoms with Crippen molar-refractivity contribution < 1.29 is 18.7 Å². The second kappa shape index (κ2) is 11.2. The van der Waals surface area contributed by atoms with Crippen LogP contribution in [0.25, 0.3) is 0 Å². The fourth-order valence-corrected chi connectivity index (χ4v) is 3.76. The standard InChI is InChI=1S/C26H29FN2O3/c1-28-26(30)25(20-9-5-4-6-10-20)29(17-7-8-19-11-13-21(27)14-12-19)22-15-16-23(31-2)24(18-22)32-3/h4-6,9-16,18,25H,7-8,17H2,1-3H3,(H,28,30). The highest BCUT2D eigenvalue weighted by atomic mass is 19.1. The van der Waals surface area contributed by atoms with E-state index in [1.54, 1.807) is 33.4 Å². The van der Waals surface area contributed by atoms with Gasteiger partial charge in [0.2, 0.25) is 5.91 Å². The van der Waals surface area contributed by atoms with E-state index in [1.165, 1.54) is 12.1 Å². The Morgan fingerprint density at radius 1 is 0.969 bits per heavy atom. The van der Waals surface area contributed by atoms with Gasteiger partial charge >= 0.3 is 0 Å². The average Bonchev–Trinajstić information content (AvgIpc) is 2.84. The Bertz CT molecular complexity index is 1010. The van der Waals surface area contributed by atoms with Gasteiger partial charge in [-0.3, -0.25) is 4.79 Å². The molecule has 168 valence electrons. The lowest BCUT2D eigenvalue weighted by Crippen LogP contribution is -2.40. The number of rotatable bonds is 10. The summed E-state index contributed by atoms with van der Waals surface area (Å²) < 4.78 is 24.1. The van der Waals surface area contributed by atoms with Gasteiger partial charge in [-0.05, 0) is 48.2 Å². The molecule has 0 aliphatic rings. The summed E-state index contributed by atoms with van der Waals surface area (Å²) in [7, 11) is 4.83. The van der Waals surface area contributed by atoms with Crippen LogP contribution >= 0.6 is 0 Å². The molecule has 6 heteroatoms. The van der Waals surface area contributed by atoms with E-state index in [9.17, 15) is 9.18 Å². The van der Waals surface area contributed by atoms with Crippen molar-refractivity contribution in [1.29, 1.82) is 0 Å². The lowest BCUT2D eigenvalue weighted by Gasteiger charge is -2.33. The van der Waals surface area contributed by atoms with Crippen LogP contribution in [0.15, 0.2) is 72.8 Å². The Balaban J connectivity index is 1.95. The predicted molar refractivity (Wildman–Crippen MR) is 125 cm³/mol. The maximum Gasteiger partial charge on any atom is 0.247 e. The van der Waals surface area contributed by atoms with Gasteiger partial charge in [0.15, 0.2) is 11.5 Å². The number of amides is 1. The predicted octanol–water partition coefficient (Wildman–Crippen LogP) is 4.77. The third-order valence-corrected chi connectivity index (χ3v) is 5.40. The Labute approximate surface area is 188 Å². The summed E-state index contributed by atoms with van der Waals surface area (Å²) in [5.74, 6) is 0.869. The molecule has 3 aromatic rings. The first-order valence-corrected chi connectivity index (χ1v) is 10.6. The summed E-state index contributed by atoms with van der Waals surface area (Å²) >= 11 is 0. The zero-order chi connectivity index (χ0) is 22.9. The maximum atomic E-state index is 13.2. The summed E-state index contributed by atoms with van der Waals surface area (Å²) in [5.41, 5.74) is 2.79. The Morgan fingerprint density at radius 2 is 1.66 bits per heavy atom. The summed E-state index contributed by atoms with van der Waals surface area (Å²) in [6, 6.07) is 21.4. The van der Waals surface area contributed by atoms with Crippen LogP contribution in [0.4, 0.5) is 10.1 Å². The quantitative estimate of drug-likeness (QED) is 0.497. The molecule has 0 heterocycles. The molecule has 0 aliphatic carbocycles. The summed E-state index contributed by atoms with van der Waals surface area (Å²) in [6.07, 6.45) is 1.54. The number of methoxy groups -OCH3 is 2. The van der Waals surface area contributed by atoms with E-state index < -0.39 is 6.04 Å². The highest BCUT2D eigenvalue weighted by Gasteiger charge is 2.28. The fraction of sp³-hybridized carbons (Fsp3) is 0.269. The second-order valence-electron chi connectivity index (χ2n) is 7.39. The Kier molecular flexibility index (Phi) is 8.08. The molecule has 0 aliphatic heterocycles. The number of halogens is 1. The third kappa shape index (κ3) is 5.58. The van der Waals surface area contributed by atoms with Crippen molar-refractivity contribution in [3.8, 4) is 11.5 Å². The smallest absolute Gasteiger partial charge is 0.247 e. The van der Waals surface area contributed by atoms with E-state index in [-0.39, 0.29) is 11.7 Å². The number of likely N-dealkylation sites (N-methyl/N-ethyl adjacent to an activating group) is 1. The van der Waals surface area contributed by atoms with Gasteiger partial charge in [-0.1, -0.05) is 42.5 Å². The molecule has 1 N–H and O–H groups in total. The molecule has 32 heavy (non-hydrogen) atoms. The molecular weight excluding hydrogens is 407 g/mol. The molecule has 3 aromatic carbocycles. The molecule has 5 nitrogen and oxygen atoms in total. The molecule has 3 rings (SSSR count). The first kappa shape index (κ1) is 23.1. The lowest BCUT2D eigenvalue weighted by molar-refractivity contribution is -0.122. The number of nitrogens with zero attached hydrogens (tertiary/aromatic N) is 1. The van der Waals surface area contributed by atoms with Crippen molar-refractivity contribution in [2.24, 2.45) is 0 Å². The monoisotopic (exact) mass is 436 g/mol. The Hall–Kier alpha value is -3.54.